The van der Waals surface area contributed by atoms with Crippen LogP contribution in [0.4, 0.5) is 16.2 Å². The monoisotopic (exact) mass is 511 g/mol. The van der Waals surface area contributed by atoms with Crippen LogP contribution < -0.4 is 21.3 Å². The average Bonchev–Trinajstić information content (AvgIpc) is 3.35. The Bertz CT molecular complexity index is 1030. The van der Waals surface area contributed by atoms with E-state index in [1.165, 1.54) is 6.20 Å². The minimum atomic E-state index is -0.209. The highest BCUT2D eigenvalue weighted by Crippen LogP contribution is 2.27. The van der Waals surface area contributed by atoms with Gasteiger partial charge in [-0.1, -0.05) is 6.92 Å². The van der Waals surface area contributed by atoms with E-state index in [4.69, 9.17) is 26.7 Å². The van der Waals surface area contributed by atoms with Gasteiger partial charge in [0.15, 0.2) is 5.84 Å². The van der Waals surface area contributed by atoms with Gasteiger partial charge in [0.1, 0.15) is 0 Å². The summed E-state index contributed by atoms with van der Waals surface area (Å²) < 4.78 is 5.16. The Balaban J connectivity index is 1.82. The number of likely N-dealkylation sites (N-methyl/N-ethyl adjacent to an activating group) is 2. The number of amides is 2. The van der Waals surface area contributed by atoms with Crippen molar-refractivity contribution in [3.63, 3.8) is 0 Å². The van der Waals surface area contributed by atoms with Crippen molar-refractivity contribution < 1.29 is 9.53 Å². The van der Waals surface area contributed by atoms with Gasteiger partial charge in [-0.05, 0) is 37.2 Å². The number of ether oxygens (including phenoxy) is 1. The fraction of sp³-hybridized carbons (Fsp3) is 0.500. The number of urea groups is 1. The first kappa shape index (κ1) is 28.0. The van der Waals surface area contributed by atoms with Gasteiger partial charge in [0.25, 0.3) is 0 Å². The number of amidine groups is 1. The molecule has 2 amide bonds. The number of hydrogen-bond donors (Lipinski definition) is 3. The summed E-state index contributed by atoms with van der Waals surface area (Å²) in [7, 11) is 5.21. The maximum atomic E-state index is 13.6. The van der Waals surface area contributed by atoms with Gasteiger partial charge in [-0.2, -0.15) is 5.10 Å². The lowest BCUT2D eigenvalue weighted by Crippen LogP contribution is -2.46. The number of piperazine rings is 1. The lowest BCUT2D eigenvalue weighted by Gasteiger charge is -2.35. The van der Waals surface area contributed by atoms with Crippen LogP contribution in [0, 0.1) is 5.41 Å². The number of likely N-dealkylation sites (tertiary alicyclic amines) is 1. The second-order valence-corrected chi connectivity index (χ2v) is 9.14. The molecule has 0 spiro atoms. The van der Waals surface area contributed by atoms with Crippen LogP contribution >= 0.6 is 0 Å². The minimum absolute atomic E-state index is 0.209. The van der Waals surface area contributed by atoms with E-state index in [0.29, 0.717) is 48.8 Å². The molecule has 0 aliphatic carbocycles. The molecule has 2 fully saturated rings. The van der Waals surface area contributed by atoms with Crippen LogP contribution in [0.5, 0.6) is 0 Å². The Morgan fingerprint density at radius 1 is 1.16 bits per heavy atom. The molecular weight excluding hydrogens is 470 g/mol. The molecule has 1 aromatic carbocycles. The number of carbonyl (C=O) groups is 1. The molecule has 2 aliphatic heterocycles. The third-order valence-corrected chi connectivity index (χ3v) is 6.91. The molecule has 37 heavy (non-hydrogen) atoms. The number of carbonyl (C=O) groups excluding carboxylic acids is 1. The smallest absolute Gasteiger partial charge is 0.329 e. The summed E-state index contributed by atoms with van der Waals surface area (Å²) in [4.78, 5) is 21.7. The van der Waals surface area contributed by atoms with E-state index >= 15 is 0 Å². The summed E-state index contributed by atoms with van der Waals surface area (Å²) in [5.74, 6) is 0.458. The number of allylic oxidation sites excluding steroid dienone is 1. The molecular formula is C26H41N9O2. The first-order chi connectivity index (χ1) is 17.8. The zero-order chi connectivity index (χ0) is 26.9. The number of nitrogens with zero attached hydrogens (tertiary/aromatic N) is 6. The van der Waals surface area contributed by atoms with Crippen LogP contribution in [-0.4, -0.2) is 107 Å². The molecule has 2 heterocycles. The highest BCUT2D eigenvalue weighted by molar-refractivity contribution is 6.13. The molecule has 202 valence electrons. The summed E-state index contributed by atoms with van der Waals surface area (Å²) in [6.07, 6.45) is 2.91. The van der Waals surface area contributed by atoms with Crippen molar-refractivity contribution in [2.75, 3.05) is 83.4 Å². The molecule has 0 unspecified atom stereocenters. The first-order valence-electron chi connectivity index (χ1n) is 12.7. The van der Waals surface area contributed by atoms with Crippen molar-refractivity contribution >= 4 is 29.5 Å². The molecule has 0 bridgehead atoms. The third-order valence-electron chi connectivity index (χ3n) is 6.91. The largest absolute Gasteiger partial charge is 0.404 e. The molecule has 5 N–H and O–H groups in total. The number of anilines is 2. The molecule has 11 heteroatoms. The molecule has 3 rings (SSSR count). The van der Waals surface area contributed by atoms with Crippen molar-refractivity contribution in [1.29, 1.82) is 5.41 Å². The highest BCUT2D eigenvalue weighted by Gasteiger charge is 2.34. The van der Waals surface area contributed by atoms with E-state index in [0.717, 1.165) is 50.3 Å². The highest BCUT2D eigenvalue weighted by atomic mass is 16.5. The van der Waals surface area contributed by atoms with Crippen LogP contribution in [0.2, 0.25) is 0 Å². The Morgan fingerprint density at radius 3 is 2.41 bits per heavy atom. The van der Waals surface area contributed by atoms with Crippen LogP contribution in [-0.2, 0) is 4.74 Å². The first-order valence-corrected chi connectivity index (χ1v) is 12.7. The van der Waals surface area contributed by atoms with E-state index in [9.17, 15) is 4.79 Å². The quantitative estimate of drug-likeness (QED) is 0.340. The van der Waals surface area contributed by atoms with Gasteiger partial charge < -0.3 is 31.4 Å². The molecule has 2 saturated heterocycles. The topological polar surface area (TPSA) is 131 Å². The molecule has 11 nitrogen and oxygen atoms in total. The van der Waals surface area contributed by atoms with E-state index < -0.39 is 0 Å². The fourth-order valence-corrected chi connectivity index (χ4v) is 4.49. The van der Waals surface area contributed by atoms with Crippen molar-refractivity contribution in [2.45, 2.75) is 13.3 Å². The Morgan fingerprint density at radius 2 is 1.84 bits per heavy atom. The maximum Gasteiger partial charge on any atom is 0.329 e. The lowest BCUT2D eigenvalue weighted by atomic mass is 10.1. The third kappa shape index (κ3) is 6.60. The number of hydrazone groups is 1. The van der Waals surface area contributed by atoms with Crippen molar-refractivity contribution in [1.82, 2.24) is 14.8 Å². The lowest BCUT2D eigenvalue weighted by molar-refractivity contribution is 0.162. The summed E-state index contributed by atoms with van der Waals surface area (Å²) >= 11 is 0. The van der Waals surface area contributed by atoms with E-state index in [-0.39, 0.29) is 6.03 Å². The summed E-state index contributed by atoms with van der Waals surface area (Å²) in [6.45, 7) is 8.85. The predicted octanol–water partition coefficient (Wildman–Crippen LogP) is 1.69. The predicted molar refractivity (Wildman–Crippen MR) is 150 cm³/mol. The number of methoxy groups -OCH3 is 1. The average molecular weight is 512 g/mol. The van der Waals surface area contributed by atoms with Crippen molar-refractivity contribution in [2.24, 2.45) is 16.6 Å². The van der Waals surface area contributed by atoms with Gasteiger partial charge >= 0.3 is 6.03 Å². The van der Waals surface area contributed by atoms with E-state index in [1.807, 2.05) is 19.2 Å². The second-order valence-electron chi connectivity index (χ2n) is 9.14. The van der Waals surface area contributed by atoms with Gasteiger partial charge in [-0.15, -0.1) is 0 Å². The van der Waals surface area contributed by atoms with E-state index in [1.54, 1.807) is 29.0 Å². The van der Waals surface area contributed by atoms with Gasteiger partial charge in [-0.3, -0.25) is 14.8 Å². The van der Waals surface area contributed by atoms with Gasteiger partial charge in [-0.25, -0.2) is 4.79 Å². The number of benzene rings is 1. The van der Waals surface area contributed by atoms with Crippen LogP contribution in [0.3, 0.4) is 0 Å². The van der Waals surface area contributed by atoms with Gasteiger partial charge in [0.05, 0.1) is 13.2 Å². The van der Waals surface area contributed by atoms with Crippen LogP contribution in [0.15, 0.2) is 52.4 Å². The molecule has 0 aromatic heterocycles. The van der Waals surface area contributed by atoms with E-state index in [2.05, 4.69) is 28.9 Å². The molecule has 2 aliphatic rings. The van der Waals surface area contributed by atoms with Crippen molar-refractivity contribution in [3.05, 3.63) is 47.3 Å². The minimum Gasteiger partial charge on any atom is -0.404 e. The summed E-state index contributed by atoms with van der Waals surface area (Å²) in [6, 6.07) is 7.89. The Kier molecular flexibility index (Phi) is 9.93. The number of nitrogens with two attached hydrogens (primary N) is 2. The summed E-state index contributed by atoms with van der Waals surface area (Å²) in [5, 5.41) is 14.0. The Labute approximate surface area is 220 Å². The summed E-state index contributed by atoms with van der Waals surface area (Å²) in [5.41, 5.74) is 15.4. The standard InChI is InChI=1S/C26H41N9O2/c1-5-33-12-14-34(15-13-33)22-8-6-21(7-9-22)32(3)26(36)35-11-10-23(24(29)20(18-27)19-28)25(35)30-31(2)16-17-37-4/h6-9,18-19,27H,5,10-17,28-29H2,1-4H3/b20-19+,24-23?,27-18?,30-25?. The normalized spacial score (nSPS) is 19.4. The fourth-order valence-electron chi connectivity index (χ4n) is 4.49. The van der Waals surface area contributed by atoms with Crippen molar-refractivity contribution in [3.8, 4) is 0 Å². The maximum absolute atomic E-state index is 13.6. The van der Waals surface area contributed by atoms with Gasteiger partial charge in [0.2, 0.25) is 0 Å². The molecule has 0 saturated carbocycles. The molecule has 1 aromatic rings. The van der Waals surface area contributed by atoms with Gasteiger partial charge in [0, 0.05) is 94.6 Å². The zero-order valence-electron chi connectivity index (χ0n) is 22.5. The SMILES string of the molecule is CCN1CCN(c2ccc(N(C)C(=O)N3CCC(=C(N)/C(C=N)=C/N)C3=NN(C)CCOC)cc2)CC1. The number of hydrogen-bond acceptors (Lipinski definition) is 9. The number of nitrogens with one attached hydrogen (secondary N) is 1. The second kappa shape index (κ2) is 13.1. The van der Waals surface area contributed by atoms with Crippen LogP contribution in [0.25, 0.3) is 0 Å². The Hall–Kier alpha value is -3.57. The molecule has 0 atom stereocenters. The van der Waals surface area contributed by atoms with Crippen LogP contribution in [0.1, 0.15) is 13.3 Å². The zero-order valence-corrected chi connectivity index (χ0v) is 22.5. The molecule has 0 radical (unpaired) electrons. The number of rotatable bonds is 9.